The molecule has 122 valence electrons. The predicted octanol–water partition coefficient (Wildman–Crippen LogP) is 2.42. The molecule has 7 heteroatoms. The van der Waals surface area contributed by atoms with E-state index in [4.69, 9.17) is 0 Å². The topological polar surface area (TPSA) is 72.7 Å². The molecule has 6 nitrogen and oxygen atoms in total. The number of benzene rings is 1. The van der Waals surface area contributed by atoms with E-state index in [1.165, 1.54) is 12.4 Å². The zero-order valence-corrected chi connectivity index (χ0v) is 14.0. The molecule has 1 aromatic carbocycles. The minimum atomic E-state index is -0.132. The van der Waals surface area contributed by atoms with E-state index >= 15 is 0 Å². The third-order valence-corrected chi connectivity index (χ3v) is 4.13. The van der Waals surface area contributed by atoms with Crippen LogP contribution in [0.2, 0.25) is 0 Å². The molecular weight excluding hydrogens is 322 g/mol. The van der Waals surface area contributed by atoms with Crippen molar-refractivity contribution in [3.8, 4) is 0 Å². The van der Waals surface area contributed by atoms with Crippen molar-refractivity contribution < 1.29 is 4.79 Å². The van der Waals surface area contributed by atoms with Crippen LogP contribution in [0.15, 0.2) is 48.4 Å². The Morgan fingerprint density at radius 1 is 1.29 bits per heavy atom. The van der Waals surface area contributed by atoms with Crippen molar-refractivity contribution in [2.75, 3.05) is 0 Å². The summed E-state index contributed by atoms with van der Waals surface area (Å²) in [6.45, 7) is 3.11. The van der Waals surface area contributed by atoms with Crippen molar-refractivity contribution in [1.29, 1.82) is 0 Å². The summed E-state index contributed by atoms with van der Waals surface area (Å²) >= 11 is 1.56. The lowest BCUT2D eigenvalue weighted by Gasteiger charge is -2.05. The van der Waals surface area contributed by atoms with Crippen LogP contribution >= 0.6 is 11.3 Å². The first kappa shape index (κ1) is 16.1. The fraction of sp³-hybridized carbons (Fsp3) is 0.176. The molecule has 0 radical (unpaired) electrons. The minimum Gasteiger partial charge on any atom is -0.348 e. The summed E-state index contributed by atoms with van der Waals surface area (Å²) in [4.78, 5) is 20.0. The Hall–Kier alpha value is -2.80. The maximum atomic E-state index is 11.8. The summed E-state index contributed by atoms with van der Waals surface area (Å²) in [6, 6.07) is 8.05. The van der Waals surface area contributed by atoms with Crippen molar-refractivity contribution >= 4 is 23.3 Å². The molecule has 2 aromatic heterocycles. The van der Waals surface area contributed by atoms with Gasteiger partial charge in [-0.1, -0.05) is 24.3 Å². The van der Waals surface area contributed by atoms with Crippen LogP contribution in [0, 0.1) is 6.92 Å². The number of hydrogen-bond acceptors (Lipinski definition) is 5. The molecule has 0 bridgehead atoms. The fourth-order valence-electron chi connectivity index (χ4n) is 2.13. The molecule has 3 aromatic rings. The molecule has 1 amide bonds. The normalized spacial score (nSPS) is 11.0. The first-order valence-electron chi connectivity index (χ1n) is 7.47. The molecular formula is C17H17N5OS. The van der Waals surface area contributed by atoms with Gasteiger partial charge < -0.3 is 5.32 Å². The summed E-state index contributed by atoms with van der Waals surface area (Å²) in [6.07, 6.45) is 6.43. The lowest BCUT2D eigenvalue weighted by molar-refractivity contribution is -0.116. The zero-order valence-electron chi connectivity index (χ0n) is 13.2. The van der Waals surface area contributed by atoms with Gasteiger partial charge >= 0.3 is 0 Å². The smallest absolute Gasteiger partial charge is 0.244 e. The summed E-state index contributed by atoms with van der Waals surface area (Å²) in [5.41, 5.74) is 2.99. The first-order chi connectivity index (χ1) is 11.7. The zero-order chi connectivity index (χ0) is 16.8. The second kappa shape index (κ2) is 7.65. The third-order valence-electron chi connectivity index (χ3n) is 3.34. The molecule has 0 unspecified atom stereocenters. The van der Waals surface area contributed by atoms with E-state index in [2.05, 4.69) is 20.4 Å². The van der Waals surface area contributed by atoms with Crippen LogP contribution in [0.25, 0.3) is 6.08 Å². The summed E-state index contributed by atoms with van der Waals surface area (Å²) in [5, 5.41) is 9.85. The molecule has 0 fully saturated rings. The third kappa shape index (κ3) is 4.60. The van der Waals surface area contributed by atoms with Gasteiger partial charge in [-0.2, -0.15) is 5.10 Å². The van der Waals surface area contributed by atoms with Gasteiger partial charge in [0, 0.05) is 18.0 Å². The number of aryl methyl sites for hydroxylation is 1. The van der Waals surface area contributed by atoms with Crippen LogP contribution < -0.4 is 5.32 Å². The van der Waals surface area contributed by atoms with E-state index in [1.54, 1.807) is 28.4 Å². The molecule has 0 spiro atoms. The van der Waals surface area contributed by atoms with E-state index in [-0.39, 0.29) is 5.91 Å². The molecule has 24 heavy (non-hydrogen) atoms. The van der Waals surface area contributed by atoms with Crippen molar-refractivity contribution in [3.63, 3.8) is 0 Å². The van der Waals surface area contributed by atoms with E-state index < -0.39 is 0 Å². The van der Waals surface area contributed by atoms with Gasteiger partial charge in [-0.05, 0) is 24.1 Å². The van der Waals surface area contributed by atoms with Gasteiger partial charge in [-0.15, -0.1) is 11.3 Å². The highest BCUT2D eigenvalue weighted by Gasteiger charge is 2.00. The number of nitrogens with one attached hydrogen (secondary N) is 1. The molecule has 0 saturated heterocycles. The number of carbonyl (C=O) groups excluding carboxylic acids is 1. The SMILES string of the molecule is Cc1nc(/C=C/C(=O)NCc2ccc(Cn3cncn3)cc2)cs1. The van der Waals surface area contributed by atoms with Crippen molar-refractivity contribution in [3.05, 3.63) is 70.2 Å². The van der Waals surface area contributed by atoms with Gasteiger partial charge in [0.05, 0.1) is 17.2 Å². The van der Waals surface area contributed by atoms with Gasteiger partial charge in [-0.3, -0.25) is 4.79 Å². The number of thiazole rings is 1. The number of aromatic nitrogens is 4. The summed E-state index contributed by atoms with van der Waals surface area (Å²) in [5.74, 6) is -0.132. The average molecular weight is 339 g/mol. The van der Waals surface area contributed by atoms with Gasteiger partial charge in [0.2, 0.25) is 5.91 Å². The Bertz CT molecular complexity index is 821. The fourth-order valence-corrected chi connectivity index (χ4v) is 2.71. The summed E-state index contributed by atoms with van der Waals surface area (Å²) < 4.78 is 1.77. The average Bonchev–Trinajstić information content (AvgIpc) is 3.24. The second-order valence-corrected chi connectivity index (χ2v) is 6.31. The number of carbonyl (C=O) groups is 1. The molecule has 0 saturated carbocycles. The summed E-state index contributed by atoms with van der Waals surface area (Å²) in [7, 11) is 0. The van der Waals surface area contributed by atoms with Crippen LogP contribution in [-0.4, -0.2) is 25.7 Å². The van der Waals surface area contributed by atoms with Crippen molar-refractivity contribution in [1.82, 2.24) is 25.1 Å². The monoisotopic (exact) mass is 339 g/mol. The maximum absolute atomic E-state index is 11.8. The molecule has 2 heterocycles. The quantitative estimate of drug-likeness (QED) is 0.700. The van der Waals surface area contributed by atoms with Crippen LogP contribution in [0.3, 0.4) is 0 Å². The van der Waals surface area contributed by atoms with Gasteiger partial charge in [0.1, 0.15) is 12.7 Å². The Kier molecular flexibility index (Phi) is 5.12. The standard InChI is InChI=1S/C17H17N5OS/c1-13-21-16(10-24-13)6-7-17(23)19-8-14-2-4-15(5-3-14)9-22-12-18-11-20-22/h2-7,10-12H,8-9H2,1H3,(H,19,23)/b7-6+. The van der Waals surface area contributed by atoms with Gasteiger partial charge in [0.15, 0.2) is 0 Å². The first-order valence-corrected chi connectivity index (χ1v) is 8.35. The molecule has 0 aliphatic heterocycles. The minimum absolute atomic E-state index is 0.132. The van der Waals surface area contributed by atoms with E-state index in [1.807, 2.05) is 36.6 Å². The maximum Gasteiger partial charge on any atom is 0.244 e. The molecule has 0 aliphatic rings. The number of amides is 1. The predicted molar refractivity (Wildman–Crippen MR) is 93.3 cm³/mol. The highest BCUT2D eigenvalue weighted by Crippen LogP contribution is 2.09. The van der Waals surface area contributed by atoms with Crippen LogP contribution in [0.1, 0.15) is 21.8 Å². The van der Waals surface area contributed by atoms with Gasteiger partial charge in [-0.25, -0.2) is 14.6 Å². The molecule has 0 aliphatic carbocycles. The lowest BCUT2D eigenvalue weighted by Crippen LogP contribution is -2.20. The highest BCUT2D eigenvalue weighted by molar-refractivity contribution is 7.09. The van der Waals surface area contributed by atoms with Crippen LogP contribution in [0.5, 0.6) is 0 Å². The van der Waals surface area contributed by atoms with Crippen LogP contribution in [0.4, 0.5) is 0 Å². The van der Waals surface area contributed by atoms with Crippen molar-refractivity contribution in [2.24, 2.45) is 0 Å². The number of nitrogens with zero attached hydrogens (tertiary/aromatic N) is 4. The van der Waals surface area contributed by atoms with E-state index in [0.717, 1.165) is 21.8 Å². The van der Waals surface area contributed by atoms with Crippen LogP contribution in [-0.2, 0) is 17.9 Å². The van der Waals surface area contributed by atoms with Crippen molar-refractivity contribution in [2.45, 2.75) is 20.0 Å². The Balaban J connectivity index is 1.49. The van der Waals surface area contributed by atoms with E-state index in [9.17, 15) is 4.79 Å². The number of hydrogen-bond donors (Lipinski definition) is 1. The highest BCUT2D eigenvalue weighted by atomic mass is 32.1. The Labute approximate surface area is 143 Å². The lowest BCUT2D eigenvalue weighted by atomic mass is 10.1. The Morgan fingerprint density at radius 2 is 2.08 bits per heavy atom. The molecule has 3 rings (SSSR count). The second-order valence-electron chi connectivity index (χ2n) is 5.25. The van der Waals surface area contributed by atoms with E-state index in [0.29, 0.717) is 13.1 Å². The molecule has 0 atom stereocenters. The molecule has 1 N–H and O–H groups in total. The largest absolute Gasteiger partial charge is 0.348 e. The number of rotatable bonds is 6. The van der Waals surface area contributed by atoms with Gasteiger partial charge in [0.25, 0.3) is 0 Å². The Morgan fingerprint density at radius 3 is 2.75 bits per heavy atom.